The fourth-order valence-electron chi connectivity index (χ4n) is 4.32. The summed E-state index contributed by atoms with van der Waals surface area (Å²) in [6.45, 7) is 8.58. The molecule has 29 heavy (non-hydrogen) atoms. The van der Waals surface area contributed by atoms with E-state index in [0.717, 1.165) is 47.6 Å². The van der Waals surface area contributed by atoms with Crippen LogP contribution in [0, 0.1) is 16.7 Å². The highest BCUT2D eigenvalue weighted by Crippen LogP contribution is 2.37. The molecule has 0 amide bonds. The van der Waals surface area contributed by atoms with Crippen LogP contribution >= 0.6 is 0 Å². The Labute approximate surface area is 172 Å². The second kappa shape index (κ2) is 7.16. The first kappa shape index (κ1) is 19.4. The van der Waals surface area contributed by atoms with Gasteiger partial charge in [-0.2, -0.15) is 5.26 Å². The molecule has 0 bridgehead atoms. The van der Waals surface area contributed by atoms with Crippen LogP contribution in [0.4, 0.5) is 11.5 Å². The second-order valence-corrected chi connectivity index (χ2v) is 8.79. The quantitative estimate of drug-likeness (QED) is 0.655. The third-order valence-corrected chi connectivity index (χ3v) is 5.85. The zero-order chi connectivity index (χ0) is 20.8. The molecule has 0 N–H and O–H groups in total. The highest BCUT2D eigenvalue weighted by atomic mass is 15.2. The largest absolute Gasteiger partial charge is 0.334 e. The Morgan fingerprint density at radius 2 is 2.00 bits per heavy atom. The average molecular weight is 389 g/mol. The monoisotopic (exact) mass is 388 g/mol. The lowest BCUT2D eigenvalue weighted by Crippen LogP contribution is -2.53. The van der Waals surface area contributed by atoms with Crippen LogP contribution in [0.25, 0.3) is 11.0 Å². The van der Waals surface area contributed by atoms with Crippen molar-refractivity contribution in [2.75, 3.05) is 25.0 Å². The van der Waals surface area contributed by atoms with Gasteiger partial charge in [-0.1, -0.05) is 32.9 Å². The second-order valence-electron chi connectivity index (χ2n) is 8.79. The summed E-state index contributed by atoms with van der Waals surface area (Å²) < 4.78 is 2.00. The molecule has 1 aliphatic rings. The number of pyridine rings is 1. The number of hydrogen-bond acceptors (Lipinski definition) is 5. The van der Waals surface area contributed by atoms with E-state index in [9.17, 15) is 5.26 Å². The molecule has 0 aliphatic carbocycles. The van der Waals surface area contributed by atoms with Crippen molar-refractivity contribution in [2.45, 2.75) is 33.2 Å². The van der Waals surface area contributed by atoms with Crippen LogP contribution in [0.1, 0.15) is 37.9 Å². The lowest BCUT2D eigenvalue weighted by molar-refractivity contribution is 0.0105. The number of rotatable bonds is 5. The maximum Gasteiger partial charge on any atom is 0.134 e. The Hall–Kier alpha value is -2.91. The standard InChI is InChI=1S/C23H28N6/c1-6-16-9-17(21(11-24)29-13-23(2,3)14-29)7-8-19(16)28(5)22-10-20-18(12-25-22)26-15-27(20)4/h7-10,12,15,21H,6,13-14H2,1-5H3. The number of aromatic nitrogens is 3. The van der Waals surface area contributed by atoms with E-state index in [1.807, 2.05) is 31.2 Å². The van der Waals surface area contributed by atoms with Crippen LogP contribution in [-0.4, -0.2) is 39.6 Å². The van der Waals surface area contributed by atoms with E-state index in [1.165, 1.54) is 5.56 Å². The molecule has 0 spiro atoms. The zero-order valence-electron chi connectivity index (χ0n) is 17.8. The average Bonchev–Trinajstić information content (AvgIpc) is 3.06. The van der Waals surface area contributed by atoms with Crippen molar-refractivity contribution >= 4 is 22.5 Å². The fraction of sp³-hybridized carbons (Fsp3) is 0.435. The number of anilines is 2. The first-order chi connectivity index (χ1) is 13.8. The zero-order valence-corrected chi connectivity index (χ0v) is 17.8. The smallest absolute Gasteiger partial charge is 0.134 e. The molecule has 6 nitrogen and oxygen atoms in total. The van der Waals surface area contributed by atoms with Gasteiger partial charge in [0.05, 0.1) is 24.1 Å². The van der Waals surface area contributed by atoms with E-state index in [-0.39, 0.29) is 6.04 Å². The molecule has 1 aromatic carbocycles. The summed E-state index contributed by atoms with van der Waals surface area (Å²) in [5, 5.41) is 9.79. The van der Waals surface area contributed by atoms with Gasteiger partial charge in [0.25, 0.3) is 0 Å². The van der Waals surface area contributed by atoms with Gasteiger partial charge < -0.3 is 9.47 Å². The molecule has 0 radical (unpaired) electrons. The van der Waals surface area contributed by atoms with Crippen molar-refractivity contribution in [3.63, 3.8) is 0 Å². The molecule has 0 saturated carbocycles. The number of aryl methyl sites for hydroxylation is 2. The van der Waals surface area contributed by atoms with Gasteiger partial charge in [0.1, 0.15) is 17.4 Å². The van der Waals surface area contributed by atoms with E-state index >= 15 is 0 Å². The normalized spacial score (nSPS) is 17.0. The molecule has 1 aliphatic heterocycles. The van der Waals surface area contributed by atoms with Gasteiger partial charge in [0, 0.05) is 38.9 Å². The number of likely N-dealkylation sites (tertiary alicyclic amines) is 1. The van der Waals surface area contributed by atoms with Crippen molar-refractivity contribution in [3.8, 4) is 6.07 Å². The van der Waals surface area contributed by atoms with Gasteiger partial charge in [-0.15, -0.1) is 0 Å². The maximum atomic E-state index is 9.79. The summed E-state index contributed by atoms with van der Waals surface area (Å²) in [4.78, 5) is 13.3. The molecule has 150 valence electrons. The van der Waals surface area contributed by atoms with Crippen molar-refractivity contribution in [1.29, 1.82) is 5.26 Å². The van der Waals surface area contributed by atoms with Crippen LogP contribution in [-0.2, 0) is 13.5 Å². The highest BCUT2D eigenvalue weighted by Gasteiger charge is 2.38. The highest BCUT2D eigenvalue weighted by molar-refractivity contribution is 5.79. The predicted octanol–water partition coefficient (Wildman–Crippen LogP) is 4.21. The Morgan fingerprint density at radius 1 is 1.24 bits per heavy atom. The molecule has 2 aromatic heterocycles. The summed E-state index contributed by atoms with van der Waals surface area (Å²) in [6.07, 6.45) is 4.52. The minimum absolute atomic E-state index is 0.184. The third-order valence-electron chi connectivity index (χ3n) is 5.85. The fourth-order valence-corrected chi connectivity index (χ4v) is 4.32. The van der Waals surface area contributed by atoms with Crippen LogP contribution in [0.15, 0.2) is 36.8 Å². The molecule has 1 saturated heterocycles. The first-order valence-corrected chi connectivity index (χ1v) is 10.1. The molecule has 3 aromatic rings. The number of imidazole rings is 1. The van der Waals surface area contributed by atoms with Gasteiger partial charge in [-0.3, -0.25) is 4.90 Å². The van der Waals surface area contributed by atoms with E-state index < -0.39 is 0 Å². The molecule has 1 atom stereocenters. The maximum absolute atomic E-state index is 9.79. The van der Waals surface area contributed by atoms with E-state index in [1.54, 1.807) is 0 Å². The van der Waals surface area contributed by atoms with Gasteiger partial charge >= 0.3 is 0 Å². The number of hydrogen-bond donors (Lipinski definition) is 0. The summed E-state index contributed by atoms with van der Waals surface area (Å²) >= 11 is 0. The van der Waals surface area contributed by atoms with Crippen LogP contribution in [0.5, 0.6) is 0 Å². The predicted molar refractivity (Wildman–Crippen MR) is 116 cm³/mol. The van der Waals surface area contributed by atoms with Gasteiger partial charge in [0.15, 0.2) is 0 Å². The Morgan fingerprint density at radius 3 is 2.66 bits per heavy atom. The topological polar surface area (TPSA) is 61.0 Å². The Bertz CT molecular complexity index is 1080. The molecular formula is C23H28N6. The summed E-state index contributed by atoms with van der Waals surface area (Å²) in [5.74, 6) is 0.880. The van der Waals surface area contributed by atoms with Crippen molar-refractivity contribution in [3.05, 3.63) is 47.9 Å². The van der Waals surface area contributed by atoms with Gasteiger partial charge in [-0.25, -0.2) is 9.97 Å². The van der Waals surface area contributed by atoms with Crippen LogP contribution in [0.3, 0.4) is 0 Å². The van der Waals surface area contributed by atoms with E-state index in [4.69, 9.17) is 0 Å². The summed E-state index contributed by atoms with van der Waals surface area (Å²) in [7, 11) is 4.03. The molecule has 4 rings (SSSR count). The van der Waals surface area contributed by atoms with Crippen molar-refractivity contribution in [1.82, 2.24) is 19.4 Å². The lowest BCUT2D eigenvalue weighted by atomic mass is 9.82. The number of nitriles is 1. The van der Waals surface area contributed by atoms with Gasteiger partial charge in [0.2, 0.25) is 0 Å². The minimum Gasteiger partial charge on any atom is -0.334 e. The SMILES string of the molecule is CCc1cc(C(C#N)N2CC(C)(C)C2)ccc1N(C)c1cc2c(cn1)ncn2C. The summed E-state index contributed by atoms with van der Waals surface area (Å²) in [6, 6.07) is 10.8. The third kappa shape index (κ3) is 3.47. The van der Waals surface area contributed by atoms with Crippen molar-refractivity contribution in [2.24, 2.45) is 12.5 Å². The molecule has 1 unspecified atom stereocenters. The van der Waals surface area contributed by atoms with Crippen molar-refractivity contribution < 1.29 is 0 Å². The summed E-state index contributed by atoms with van der Waals surface area (Å²) in [5.41, 5.74) is 5.67. The minimum atomic E-state index is -0.184. The number of nitrogens with zero attached hydrogens (tertiary/aromatic N) is 6. The Kier molecular flexibility index (Phi) is 4.79. The van der Waals surface area contributed by atoms with Gasteiger partial charge in [-0.05, 0) is 29.0 Å². The molecule has 1 fully saturated rings. The van der Waals surface area contributed by atoms with Crippen LogP contribution < -0.4 is 4.90 Å². The number of benzene rings is 1. The molecule has 3 heterocycles. The first-order valence-electron chi connectivity index (χ1n) is 10.1. The molecule has 6 heteroatoms. The number of fused-ring (bicyclic) bond motifs is 1. The van der Waals surface area contributed by atoms with Crippen LogP contribution in [0.2, 0.25) is 0 Å². The Balaban J connectivity index is 1.65. The van der Waals surface area contributed by atoms with E-state index in [2.05, 4.69) is 70.9 Å². The molecular weight excluding hydrogens is 360 g/mol. The van der Waals surface area contributed by atoms with E-state index in [0.29, 0.717) is 5.41 Å². The lowest BCUT2D eigenvalue weighted by Gasteiger charge is -2.48.